The number of halogens is 3. The van der Waals surface area contributed by atoms with Crippen molar-refractivity contribution in [1.82, 2.24) is 10.2 Å². The molecule has 6 heteroatoms. The smallest absolute Gasteiger partial charge is 0.355 e. The van der Waals surface area contributed by atoms with Crippen LogP contribution in [0.15, 0.2) is 12.1 Å². The Morgan fingerprint density at radius 3 is 2.11 bits per heavy atom. The summed E-state index contributed by atoms with van der Waals surface area (Å²) < 4.78 is 37.3. The molecule has 2 fully saturated rings. The number of fused-ring (bicyclic) bond motifs is 1. The van der Waals surface area contributed by atoms with E-state index in [0.717, 1.165) is 19.2 Å². The maximum atomic E-state index is 12.4. The Kier molecular flexibility index (Phi) is 3.11. The minimum atomic E-state index is -4.41. The van der Waals surface area contributed by atoms with Crippen molar-refractivity contribution in [3.8, 4) is 0 Å². The van der Waals surface area contributed by atoms with Gasteiger partial charge in [-0.1, -0.05) is 12.8 Å². The lowest BCUT2D eigenvalue weighted by atomic mass is 9.82. The summed E-state index contributed by atoms with van der Waals surface area (Å²) in [6, 6.07) is 2.46. The third-order valence-corrected chi connectivity index (χ3v) is 4.24. The molecule has 3 nitrogen and oxygen atoms in total. The Hall–Kier alpha value is -1.33. The first kappa shape index (κ1) is 12.7. The Morgan fingerprint density at radius 2 is 1.63 bits per heavy atom. The third-order valence-electron chi connectivity index (χ3n) is 4.24. The molecule has 19 heavy (non-hydrogen) atoms. The van der Waals surface area contributed by atoms with Gasteiger partial charge in [0.1, 0.15) is 0 Å². The topological polar surface area (TPSA) is 29.0 Å². The molecule has 1 saturated carbocycles. The molecule has 1 aromatic heterocycles. The summed E-state index contributed by atoms with van der Waals surface area (Å²) in [5, 5.41) is 7.04. The molecule has 2 heterocycles. The Balaban J connectivity index is 1.73. The second-order valence-corrected chi connectivity index (χ2v) is 5.48. The number of anilines is 1. The molecular formula is C13H16F3N3. The highest BCUT2D eigenvalue weighted by molar-refractivity contribution is 5.39. The van der Waals surface area contributed by atoms with Gasteiger partial charge in [-0.25, -0.2) is 0 Å². The van der Waals surface area contributed by atoms with E-state index in [4.69, 9.17) is 0 Å². The van der Waals surface area contributed by atoms with Crippen molar-refractivity contribution < 1.29 is 13.2 Å². The molecule has 2 unspecified atom stereocenters. The molecule has 1 aliphatic heterocycles. The van der Waals surface area contributed by atoms with Gasteiger partial charge in [-0.3, -0.25) is 0 Å². The first-order chi connectivity index (χ1) is 9.04. The fraction of sp³-hybridized carbons (Fsp3) is 0.692. The maximum absolute atomic E-state index is 12.4. The normalized spacial score (nSPS) is 27.4. The number of nitrogens with zero attached hydrogens (tertiary/aromatic N) is 3. The summed E-state index contributed by atoms with van der Waals surface area (Å²) in [6.07, 6.45) is 0.594. The predicted molar refractivity (Wildman–Crippen MR) is 64.7 cm³/mol. The molecule has 0 amide bonds. The lowest BCUT2D eigenvalue weighted by Crippen LogP contribution is -2.22. The molecule has 0 spiro atoms. The summed E-state index contributed by atoms with van der Waals surface area (Å²) in [5.74, 6) is 1.93. The molecule has 0 N–H and O–H groups in total. The van der Waals surface area contributed by atoms with Crippen LogP contribution in [0.1, 0.15) is 31.4 Å². The molecule has 1 saturated heterocycles. The van der Waals surface area contributed by atoms with E-state index in [-0.39, 0.29) is 0 Å². The molecule has 2 atom stereocenters. The van der Waals surface area contributed by atoms with Crippen LogP contribution in [0.5, 0.6) is 0 Å². The zero-order valence-corrected chi connectivity index (χ0v) is 10.5. The van der Waals surface area contributed by atoms with E-state index >= 15 is 0 Å². The monoisotopic (exact) mass is 271 g/mol. The van der Waals surface area contributed by atoms with E-state index < -0.39 is 11.9 Å². The molecule has 0 bridgehead atoms. The van der Waals surface area contributed by atoms with Crippen LogP contribution in [0.4, 0.5) is 19.0 Å². The molecule has 104 valence electrons. The first-order valence-electron chi connectivity index (χ1n) is 6.70. The number of hydrogen-bond donors (Lipinski definition) is 0. The summed E-state index contributed by atoms with van der Waals surface area (Å²) in [5.41, 5.74) is -0.923. The van der Waals surface area contributed by atoms with Gasteiger partial charge >= 0.3 is 6.18 Å². The van der Waals surface area contributed by atoms with Crippen molar-refractivity contribution in [3.63, 3.8) is 0 Å². The first-order valence-corrected chi connectivity index (χ1v) is 6.70. The van der Waals surface area contributed by atoms with E-state index in [1.165, 1.54) is 31.7 Å². The highest BCUT2D eigenvalue weighted by Crippen LogP contribution is 2.37. The van der Waals surface area contributed by atoms with Gasteiger partial charge in [-0.05, 0) is 36.8 Å². The molecule has 0 radical (unpaired) electrons. The van der Waals surface area contributed by atoms with Crippen LogP contribution < -0.4 is 4.90 Å². The molecular weight excluding hydrogens is 255 g/mol. The van der Waals surface area contributed by atoms with Gasteiger partial charge in [0, 0.05) is 13.1 Å². The van der Waals surface area contributed by atoms with Crippen molar-refractivity contribution in [3.05, 3.63) is 17.8 Å². The fourth-order valence-corrected chi connectivity index (χ4v) is 3.24. The van der Waals surface area contributed by atoms with Gasteiger partial charge in [0.05, 0.1) is 0 Å². The van der Waals surface area contributed by atoms with Gasteiger partial charge < -0.3 is 4.90 Å². The Bertz CT molecular complexity index is 429. The largest absolute Gasteiger partial charge is 0.435 e. The minimum absolute atomic E-state index is 0.572. The van der Waals surface area contributed by atoms with Gasteiger partial charge in [-0.15, -0.1) is 10.2 Å². The molecule has 1 aromatic rings. The molecule has 1 aliphatic carbocycles. The van der Waals surface area contributed by atoms with E-state index in [2.05, 4.69) is 15.1 Å². The van der Waals surface area contributed by atoms with Crippen LogP contribution in [0.3, 0.4) is 0 Å². The number of alkyl halides is 3. The number of aromatic nitrogens is 2. The summed E-state index contributed by atoms with van der Waals surface area (Å²) in [6.45, 7) is 1.81. The number of hydrogen-bond acceptors (Lipinski definition) is 3. The van der Waals surface area contributed by atoms with Crippen molar-refractivity contribution in [2.24, 2.45) is 11.8 Å². The third kappa shape index (κ3) is 2.53. The fourth-order valence-electron chi connectivity index (χ4n) is 3.24. The zero-order chi connectivity index (χ0) is 13.5. The quantitative estimate of drug-likeness (QED) is 0.785. The van der Waals surface area contributed by atoms with Gasteiger partial charge in [0.15, 0.2) is 11.5 Å². The second-order valence-electron chi connectivity index (χ2n) is 5.48. The predicted octanol–water partition coefficient (Wildman–Crippen LogP) is 3.12. The molecule has 2 aliphatic rings. The molecule has 3 rings (SSSR count). The average molecular weight is 271 g/mol. The van der Waals surface area contributed by atoms with Crippen LogP contribution in [0, 0.1) is 11.8 Å². The lowest BCUT2D eigenvalue weighted by Gasteiger charge is -2.22. The minimum Gasteiger partial charge on any atom is -0.355 e. The average Bonchev–Trinajstić information content (AvgIpc) is 2.81. The van der Waals surface area contributed by atoms with Crippen LogP contribution in [-0.2, 0) is 6.18 Å². The maximum Gasteiger partial charge on any atom is 0.435 e. The van der Waals surface area contributed by atoms with Crippen molar-refractivity contribution >= 4 is 5.82 Å². The van der Waals surface area contributed by atoms with E-state index in [0.29, 0.717) is 17.7 Å². The van der Waals surface area contributed by atoms with Crippen molar-refractivity contribution in [2.45, 2.75) is 31.9 Å². The van der Waals surface area contributed by atoms with Gasteiger partial charge in [0.2, 0.25) is 0 Å². The van der Waals surface area contributed by atoms with Crippen molar-refractivity contribution in [1.29, 1.82) is 0 Å². The van der Waals surface area contributed by atoms with Gasteiger partial charge in [0.25, 0.3) is 0 Å². The van der Waals surface area contributed by atoms with Crippen LogP contribution in [0.2, 0.25) is 0 Å². The van der Waals surface area contributed by atoms with E-state index in [9.17, 15) is 13.2 Å². The lowest BCUT2D eigenvalue weighted by molar-refractivity contribution is -0.141. The number of rotatable bonds is 1. The highest BCUT2D eigenvalue weighted by Gasteiger charge is 2.36. The van der Waals surface area contributed by atoms with Crippen LogP contribution in [0.25, 0.3) is 0 Å². The second kappa shape index (κ2) is 4.65. The Labute approximate surface area is 109 Å². The molecule has 0 aromatic carbocycles. The SMILES string of the molecule is FC(F)(F)c1ccc(N2CC3CCCCC3C2)nn1. The van der Waals surface area contributed by atoms with E-state index in [1.807, 2.05) is 0 Å². The van der Waals surface area contributed by atoms with E-state index in [1.54, 1.807) is 0 Å². The summed E-state index contributed by atoms with van der Waals surface area (Å²) in [4.78, 5) is 2.08. The van der Waals surface area contributed by atoms with Crippen LogP contribution in [-0.4, -0.2) is 23.3 Å². The van der Waals surface area contributed by atoms with Crippen molar-refractivity contribution in [2.75, 3.05) is 18.0 Å². The van der Waals surface area contributed by atoms with Gasteiger partial charge in [-0.2, -0.15) is 13.2 Å². The van der Waals surface area contributed by atoms with Crippen LogP contribution >= 0.6 is 0 Å². The summed E-state index contributed by atoms with van der Waals surface area (Å²) in [7, 11) is 0. The highest BCUT2D eigenvalue weighted by atomic mass is 19.4. The zero-order valence-electron chi connectivity index (χ0n) is 10.5. The Morgan fingerprint density at radius 1 is 1.00 bits per heavy atom. The standard InChI is InChI=1S/C13H16F3N3/c14-13(15,16)11-5-6-12(18-17-11)19-7-9-3-1-2-4-10(9)8-19/h5-6,9-10H,1-4,7-8H2. The summed E-state index contributed by atoms with van der Waals surface area (Å²) >= 11 is 0.